The van der Waals surface area contributed by atoms with Crippen molar-refractivity contribution in [2.45, 2.75) is 25.8 Å². The van der Waals surface area contributed by atoms with E-state index in [1.807, 2.05) is 47.4 Å². The predicted octanol–water partition coefficient (Wildman–Crippen LogP) is 4.24. The van der Waals surface area contributed by atoms with Crippen LogP contribution in [0.15, 0.2) is 78.9 Å². The van der Waals surface area contributed by atoms with Crippen LogP contribution >= 0.6 is 0 Å². The predicted molar refractivity (Wildman–Crippen MR) is 130 cm³/mol. The van der Waals surface area contributed by atoms with E-state index in [4.69, 9.17) is 4.74 Å². The maximum Gasteiger partial charge on any atom is 0.258 e. The minimum atomic E-state index is -0.252. The monoisotopic (exact) mass is 456 g/mol. The van der Waals surface area contributed by atoms with E-state index in [2.05, 4.69) is 5.32 Å². The van der Waals surface area contributed by atoms with Crippen molar-refractivity contribution < 1.29 is 19.1 Å². The van der Waals surface area contributed by atoms with Crippen molar-refractivity contribution in [3.05, 3.63) is 101 Å². The Hall–Kier alpha value is -3.93. The third-order valence-electron chi connectivity index (χ3n) is 5.86. The van der Waals surface area contributed by atoms with Crippen LogP contribution in [0.3, 0.4) is 0 Å². The molecule has 6 nitrogen and oxygen atoms in total. The summed E-state index contributed by atoms with van der Waals surface area (Å²) in [6.07, 6.45) is 3.31. The molecule has 1 fully saturated rings. The first-order valence-corrected chi connectivity index (χ1v) is 11.6. The molecule has 34 heavy (non-hydrogen) atoms. The van der Waals surface area contributed by atoms with Gasteiger partial charge in [0, 0.05) is 36.3 Å². The number of hydrogen-bond donors (Lipinski definition) is 1. The van der Waals surface area contributed by atoms with Crippen LogP contribution in [0.5, 0.6) is 5.75 Å². The van der Waals surface area contributed by atoms with Crippen LogP contribution in [0.1, 0.15) is 51.1 Å². The summed E-state index contributed by atoms with van der Waals surface area (Å²) in [6.45, 7) is 1.87. The highest BCUT2D eigenvalue weighted by Crippen LogP contribution is 2.16. The second kappa shape index (κ2) is 11.3. The number of ketones is 1. The van der Waals surface area contributed by atoms with Crippen molar-refractivity contribution in [2.75, 3.05) is 19.7 Å². The molecule has 0 radical (unpaired) electrons. The van der Waals surface area contributed by atoms with Crippen LogP contribution in [-0.4, -0.2) is 42.2 Å². The first kappa shape index (κ1) is 23.2. The van der Waals surface area contributed by atoms with Crippen LogP contribution in [-0.2, 0) is 11.3 Å². The molecular weight excluding hydrogens is 428 g/mol. The lowest BCUT2D eigenvalue weighted by Crippen LogP contribution is -2.35. The van der Waals surface area contributed by atoms with Crippen molar-refractivity contribution >= 4 is 17.6 Å². The molecule has 6 heteroatoms. The fourth-order valence-corrected chi connectivity index (χ4v) is 3.90. The van der Waals surface area contributed by atoms with Gasteiger partial charge < -0.3 is 15.0 Å². The number of likely N-dealkylation sites (tertiary alicyclic amines) is 1. The van der Waals surface area contributed by atoms with Gasteiger partial charge in [-0.05, 0) is 61.2 Å². The SMILES string of the molecule is O=C(COc1ccc(C(=O)c2ccccc2)cc1)NCc1ccc(C(=O)N2CCCCC2)cc1. The number of amides is 2. The molecule has 0 aromatic heterocycles. The Morgan fingerprint density at radius 2 is 1.35 bits per heavy atom. The van der Waals surface area contributed by atoms with Crippen molar-refractivity contribution in [2.24, 2.45) is 0 Å². The van der Waals surface area contributed by atoms with E-state index < -0.39 is 0 Å². The quantitative estimate of drug-likeness (QED) is 0.515. The molecule has 1 N–H and O–H groups in total. The van der Waals surface area contributed by atoms with Gasteiger partial charge in [0.15, 0.2) is 12.4 Å². The molecule has 1 saturated heterocycles. The Morgan fingerprint density at radius 1 is 0.735 bits per heavy atom. The summed E-state index contributed by atoms with van der Waals surface area (Å²) in [6, 6.07) is 23.2. The molecule has 1 heterocycles. The Labute approximate surface area is 199 Å². The van der Waals surface area contributed by atoms with Crippen molar-refractivity contribution in [1.82, 2.24) is 10.2 Å². The lowest BCUT2D eigenvalue weighted by Gasteiger charge is -2.26. The number of benzene rings is 3. The van der Waals surface area contributed by atoms with Crippen molar-refractivity contribution in [3.8, 4) is 5.75 Å². The average Bonchev–Trinajstić information content (AvgIpc) is 2.91. The maximum atomic E-state index is 12.5. The van der Waals surface area contributed by atoms with E-state index in [-0.39, 0.29) is 24.2 Å². The molecule has 3 aromatic carbocycles. The molecule has 174 valence electrons. The molecule has 0 unspecified atom stereocenters. The summed E-state index contributed by atoms with van der Waals surface area (Å²) in [5.74, 6) is 0.270. The normalized spacial score (nSPS) is 13.2. The highest BCUT2D eigenvalue weighted by Gasteiger charge is 2.18. The zero-order valence-corrected chi connectivity index (χ0v) is 19.0. The summed E-state index contributed by atoms with van der Waals surface area (Å²) in [5, 5.41) is 2.82. The van der Waals surface area contributed by atoms with Crippen LogP contribution in [0.25, 0.3) is 0 Å². The van der Waals surface area contributed by atoms with Gasteiger partial charge in [-0.3, -0.25) is 14.4 Å². The minimum absolute atomic E-state index is 0.0615. The molecule has 0 spiro atoms. The molecule has 0 saturated carbocycles. The van der Waals surface area contributed by atoms with Crippen molar-refractivity contribution in [1.29, 1.82) is 0 Å². The van der Waals surface area contributed by atoms with E-state index >= 15 is 0 Å². The van der Waals surface area contributed by atoms with E-state index in [1.54, 1.807) is 36.4 Å². The summed E-state index contributed by atoms with van der Waals surface area (Å²) >= 11 is 0. The molecule has 1 aliphatic rings. The zero-order chi connectivity index (χ0) is 23.8. The summed E-state index contributed by atoms with van der Waals surface area (Å²) < 4.78 is 5.54. The van der Waals surface area contributed by atoms with Crippen LogP contribution in [0.4, 0.5) is 0 Å². The minimum Gasteiger partial charge on any atom is -0.484 e. The van der Waals surface area contributed by atoms with Crippen LogP contribution in [0.2, 0.25) is 0 Å². The van der Waals surface area contributed by atoms with Gasteiger partial charge in [-0.25, -0.2) is 0 Å². The van der Waals surface area contributed by atoms with E-state index in [1.165, 1.54) is 6.42 Å². The Balaban J connectivity index is 1.22. The number of ether oxygens (including phenoxy) is 1. The molecule has 0 bridgehead atoms. The summed E-state index contributed by atoms with van der Waals surface area (Å²) in [4.78, 5) is 39.1. The fourth-order valence-electron chi connectivity index (χ4n) is 3.90. The Kier molecular flexibility index (Phi) is 7.71. The second-order valence-electron chi connectivity index (χ2n) is 8.33. The Morgan fingerprint density at radius 3 is 2.03 bits per heavy atom. The van der Waals surface area contributed by atoms with Crippen LogP contribution in [0, 0.1) is 0 Å². The smallest absolute Gasteiger partial charge is 0.258 e. The summed E-state index contributed by atoms with van der Waals surface area (Å²) in [7, 11) is 0. The number of piperidine rings is 1. The largest absolute Gasteiger partial charge is 0.484 e. The second-order valence-corrected chi connectivity index (χ2v) is 8.33. The highest BCUT2D eigenvalue weighted by molar-refractivity contribution is 6.09. The molecule has 1 aliphatic heterocycles. The lowest BCUT2D eigenvalue weighted by atomic mass is 10.0. The molecule has 0 aliphatic carbocycles. The molecule has 2 amide bonds. The van der Waals surface area contributed by atoms with Gasteiger partial charge in [-0.15, -0.1) is 0 Å². The number of nitrogens with one attached hydrogen (secondary N) is 1. The number of rotatable bonds is 8. The summed E-state index contributed by atoms with van der Waals surface area (Å²) in [5.41, 5.74) is 2.77. The lowest BCUT2D eigenvalue weighted by molar-refractivity contribution is -0.123. The highest BCUT2D eigenvalue weighted by atomic mass is 16.5. The standard InChI is InChI=1S/C28H28N2O4/c31-26(20-34-25-15-13-23(14-16-25)27(32)22-7-3-1-4-8-22)29-19-21-9-11-24(12-10-21)28(33)30-17-5-2-6-18-30/h1,3-4,7-16H,2,5-6,17-20H2,(H,29,31). The van der Waals surface area contributed by atoms with E-state index in [0.29, 0.717) is 29.0 Å². The van der Waals surface area contributed by atoms with Gasteiger partial charge in [0.05, 0.1) is 0 Å². The van der Waals surface area contributed by atoms with Gasteiger partial charge in [-0.2, -0.15) is 0 Å². The topological polar surface area (TPSA) is 75.7 Å². The zero-order valence-electron chi connectivity index (χ0n) is 19.0. The molecular formula is C28H28N2O4. The number of carbonyl (C=O) groups is 3. The maximum absolute atomic E-state index is 12.5. The van der Waals surface area contributed by atoms with Crippen molar-refractivity contribution in [3.63, 3.8) is 0 Å². The number of carbonyl (C=O) groups excluding carboxylic acids is 3. The first-order valence-electron chi connectivity index (χ1n) is 11.6. The molecule has 3 aromatic rings. The number of hydrogen-bond acceptors (Lipinski definition) is 4. The van der Waals surface area contributed by atoms with Gasteiger partial charge in [-0.1, -0.05) is 42.5 Å². The van der Waals surface area contributed by atoms with Gasteiger partial charge in [0.1, 0.15) is 5.75 Å². The number of nitrogens with zero attached hydrogens (tertiary/aromatic N) is 1. The molecule has 4 rings (SSSR count). The van der Waals surface area contributed by atoms with E-state index in [0.717, 1.165) is 31.5 Å². The van der Waals surface area contributed by atoms with Crippen LogP contribution < -0.4 is 10.1 Å². The third kappa shape index (κ3) is 6.10. The third-order valence-corrected chi connectivity index (χ3v) is 5.86. The van der Waals surface area contributed by atoms with E-state index in [9.17, 15) is 14.4 Å². The van der Waals surface area contributed by atoms with Gasteiger partial charge in [0.25, 0.3) is 11.8 Å². The van der Waals surface area contributed by atoms with Gasteiger partial charge in [0.2, 0.25) is 0 Å². The average molecular weight is 457 g/mol. The first-order chi connectivity index (χ1) is 16.6. The fraction of sp³-hybridized carbons (Fsp3) is 0.250. The van der Waals surface area contributed by atoms with Gasteiger partial charge >= 0.3 is 0 Å². The molecule has 0 atom stereocenters. The Bertz CT molecular complexity index is 1120.